The van der Waals surface area contributed by atoms with Gasteiger partial charge in [-0.15, -0.1) is 0 Å². The summed E-state index contributed by atoms with van der Waals surface area (Å²) in [5.41, 5.74) is 1.90. The average molecular weight is 271 g/mol. The lowest BCUT2D eigenvalue weighted by Gasteiger charge is -2.18. The van der Waals surface area contributed by atoms with Gasteiger partial charge in [-0.1, -0.05) is 35.0 Å². The summed E-state index contributed by atoms with van der Waals surface area (Å²) in [6.45, 7) is 4.05. The Kier molecular flexibility index (Phi) is 3.15. The quantitative estimate of drug-likeness (QED) is 0.664. The molecule has 82 valence electrons. The van der Waals surface area contributed by atoms with Gasteiger partial charge in [0.2, 0.25) is 0 Å². The van der Waals surface area contributed by atoms with Gasteiger partial charge in [0.15, 0.2) is 0 Å². The molecule has 1 aromatic carbocycles. The Morgan fingerprint density at radius 1 is 1.33 bits per heavy atom. The van der Waals surface area contributed by atoms with Gasteiger partial charge in [0.05, 0.1) is 0 Å². The van der Waals surface area contributed by atoms with Crippen LogP contribution in [0.3, 0.4) is 0 Å². The van der Waals surface area contributed by atoms with E-state index in [1.54, 1.807) is 6.07 Å². The predicted molar refractivity (Wildman–Crippen MR) is 65.0 cm³/mol. The van der Waals surface area contributed by atoms with Crippen molar-refractivity contribution in [2.45, 2.75) is 37.4 Å². The van der Waals surface area contributed by atoms with Gasteiger partial charge >= 0.3 is 0 Å². The van der Waals surface area contributed by atoms with Gasteiger partial charge in [-0.2, -0.15) is 0 Å². The molecule has 1 fully saturated rings. The molecule has 0 aromatic heterocycles. The maximum Gasteiger partial charge on any atom is 0.126 e. The molecular weight excluding hydrogens is 255 g/mol. The fraction of sp³-hybridized carbons (Fsp3) is 0.538. The standard InChI is InChI=1S/C13H16BrF/c1-8-3-4-10(7-13(8)15)11-5-6-12(14)9(11)2/h3-4,7,9,11-12H,5-6H2,1-2H3. The molecule has 1 aromatic rings. The molecule has 1 aliphatic carbocycles. The van der Waals surface area contributed by atoms with Crippen LogP contribution in [0.1, 0.15) is 36.8 Å². The van der Waals surface area contributed by atoms with E-state index in [2.05, 4.69) is 28.9 Å². The molecule has 15 heavy (non-hydrogen) atoms. The number of hydrogen-bond donors (Lipinski definition) is 0. The fourth-order valence-electron chi connectivity index (χ4n) is 2.43. The molecular formula is C13H16BrF. The van der Waals surface area contributed by atoms with Gasteiger partial charge in [-0.05, 0) is 48.8 Å². The third-order valence-corrected chi connectivity index (χ3v) is 4.87. The van der Waals surface area contributed by atoms with E-state index < -0.39 is 0 Å². The lowest BCUT2D eigenvalue weighted by molar-refractivity contribution is 0.538. The van der Waals surface area contributed by atoms with Crippen molar-refractivity contribution in [1.29, 1.82) is 0 Å². The van der Waals surface area contributed by atoms with Crippen molar-refractivity contribution in [3.63, 3.8) is 0 Å². The molecule has 0 radical (unpaired) electrons. The van der Waals surface area contributed by atoms with E-state index in [9.17, 15) is 4.39 Å². The number of benzene rings is 1. The van der Waals surface area contributed by atoms with Crippen molar-refractivity contribution in [3.05, 3.63) is 35.1 Å². The summed E-state index contributed by atoms with van der Waals surface area (Å²) >= 11 is 3.68. The third kappa shape index (κ3) is 2.10. The maximum absolute atomic E-state index is 13.4. The summed E-state index contributed by atoms with van der Waals surface area (Å²) in [5.74, 6) is 1.05. The minimum atomic E-state index is -0.0716. The molecule has 1 aliphatic rings. The smallest absolute Gasteiger partial charge is 0.126 e. The minimum absolute atomic E-state index is 0.0716. The van der Waals surface area contributed by atoms with Gasteiger partial charge < -0.3 is 0 Å². The Balaban J connectivity index is 2.26. The van der Waals surface area contributed by atoms with Crippen LogP contribution in [0.25, 0.3) is 0 Å². The van der Waals surface area contributed by atoms with Crippen molar-refractivity contribution < 1.29 is 4.39 Å². The molecule has 0 nitrogen and oxygen atoms in total. The maximum atomic E-state index is 13.4. The SMILES string of the molecule is Cc1ccc(C2CCC(Br)C2C)cc1F. The van der Waals surface area contributed by atoms with E-state index in [-0.39, 0.29) is 5.82 Å². The molecule has 0 amide bonds. The van der Waals surface area contributed by atoms with Crippen LogP contribution in [0.5, 0.6) is 0 Å². The van der Waals surface area contributed by atoms with Crippen molar-refractivity contribution in [3.8, 4) is 0 Å². The molecule has 3 atom stereocenters. The van der Waals surface area contributed by atoms with Crippen LogP contribution in [0.15, 0.2) is 18.2 Å². The summed E-state index contributed by atoms with van der Waals surface area (Å²) in [6.07, 6.45) is 2.36. The number of alkyl halides is 1. The van der Waals surface area contributed by atoms with Crippen LogP contribution in [0.2, 0.25) is 0 Å². The van der Waals surface area contributed by atoms with E-state index in [0.717, 1.165) is 11.1 Å². The van der Waals surface area contributed by atoms with Crippen molar-refractivity contribution in [2.24, 2.45) is 5.92 Å². The van der Waals surface area contributed by atoms with Gasteiger partial charge in [0.25, 0.3) is 0 Å². The number of hydrogen-bond acceptors (Lipinski definition) is 0. The highest BCUT2D eigenvalue weighted by molar-refractivity contribution is 9.09. The summed E-state index contributed by atoms with van der Waals surface area (Å²) in [4.78, 5) is 0.590. The normalized spacial score (nSPS) is 30.8. The predicted octanol–water partition coefficient (Wildman–Crippen LogP) is 4.41. The number of rotatable bonds is 1. The Hall–Kier alpha value is -0.370. The molecule has 2 rings (SSSR count). The highest BCUT2D eigenvalue weighted by atomic mass is 79.9. The molecule has 0 spiro atoms. The van der Waals surface area contributed by atoms with Gasteiger partial charge in [-0.25, -0.2) is 4.39 Å². The monoisotopic (exact) mass is 270 g/mol. The number of halogens is 2. The van der Waals surface area contributed by atoms with Gasteiger partial charge in [-0.3, -0.25) is 0 Å². The zero-order valence-electron chi connectivity index (χ0n) is 9.13. The van der Waals surface area contributed by atoms with Crippen LogP contribution >= 0.6 is 15.9 Å². The van der Waals surface area contributed by atoms with E-state index in [1.807, 2.05) is 13.0 Å². The Bertz CT molecular complexity index is 362. The van der Waals surface area contributed by atoms with Crippen molar-refractivity contribution in [1.82, 2.24) is 0 Å². The lowest BCUT2D eigenvalue weighted by atomic mass is 9.90. The molecule has 0 N–H and O–H groups in total. The zero-order chi connectivity index (χ0) is 11.0. The van der Waals surface area contributed by atoms with E-state index in [4.69, 9.17) is 0 Å². The summed E-state index contributed by atoms with van der Waals surface area (Å²) in [5, 5.41) is 0. The third-order valence-electron chi connectivity index (χ3n) is 3.58. The molecule has 0 aliphatic heterocycles. The summed E-state index contributed by atoms with van der Waals surface area (Å²) < 4.78 is 13.4. The first-order valence-electron chi connectivity index (χ1n) is 5.49. The fourth-order valence-corrected chi connectivity index (χ4v) is 3.06. The second kappa shape index (κ2) is 4.25. The minimum Gasteiger partial charge on any atom is -0.207 e. The Labute approximate surface area is 99.0 Å². The molecule has 0 bridgehead atoms. The lowest BCUT2D eigenvalue weighted by Crippen LogP contribution is -2.09. The summed E-state index contributed by atoms with van der Waals surface area (Å²) in [6, 6.07) is 5.67. The Morgan fingerprint density at radius 3 is 2.60 bits per heavy atom. The average Bonchev–Trinajstić information content (AvgIpc) is 2.53. The van der Waals surface area contributed by atoms with Crippen LogP contribution < -0.4 is 0 Å². The van der Waals surface area contributed by atoms with Crippen LogP contribution in [-0.4, -0.2) is 4.83 Å². The molecule has 0 saturated heterocycles. The highest BCUT2D eigenvalue weighted by Crippen LogP contribution is 2.43. The van der Waals surface area contributed by atoms with Gasteiger partial charge in [0, 0.05) is 4.83 Å². The van der Waals surface area contributed by atoms with E-state index in [1.165, 1.54) is 12.8 Å². The van der Waals surface area contributed by atoms with Crippen molar-refractivity contribution in [2.75, 3.05) is 0 Å². The van der Waals surface area contributed by atoms with E-state index >= 15 is 0 Å². The topological polar surface area (TPSA) is 0 Å². The first-order chi connectivity index (χ1) is 7.09. The Morgan fingerprint density at radius 2 is 2.07 bits per heavy atom. The molecule has 2 heteroatoms. The molecule has 0 heterocycles. The number of aryl methyl sites for hydroxylation is 1. The van der Waals surface area contributed by atoms with Crippen LogP contribution in [0, 0.1) is 18.7 Å². The van der Waals surface area contributed by atoms with Gasteiger partial charge in [0.1, 0.15) is 5.82 Å². The van der Waals surface area contributed by atoms with Crippen LogP contribution in [-0.2, 0) is 0 Å². The second-order valence-corrected chi connectivity index (χ2v) is 5.74. The second-order valence-electron chi connectivity index (χ2n) is 4.57. The highest BCUT2D eigenvalue weighted by Gasteiger charge is 2.32. The van der Waals surface area contributed by atoms with Crippen LogP contribution in [0.4, 0.5) is 4.39 Å². The largest absolute Gasteiger partial charge is 0.207 e. The van der Waals surface area contributed by atoms with Crippen molar-refractivity contribution >= 4 is 15.9 Å². The molecule has 3 unspecified atom stereocenters. The summed E-state index contributed by atoms with van der Waals surface area (Å²) in [7, 11) is 0. The first kappa shape index (κ1) is 11.1. The first-order valence-corrected chi connectivity index (χ1v) is 6.41. The zero-order valence-corrected chi connectivity index (χ0v) is 10.7. The molecule has 1 saturated carbocycles. The van der Waals surface area contributed by atoms with E-state index in [0.29, 0.717) is 16.7 Å².